The van der Waals surface area contributed by atoms with Crippen molar-refractivity contribution in [3.8, 4) is 0 Å². The van der Waals surface area contributed by atoms with Crippen molar-refractivity contribution in [2.75, 3.05) is 19.6 Å². The highest BCUT2D eigenvalue weighted by molar-refractivity contribution is 7.09. The van der Waals surface area contributed by atoms with Crippen LogP contribution < -0.4 is 10.6 Å². The van der Waals surface area contributed by atoms with E-state index in [1.807, 2.05) is 29.8 Å². The molecule has 2 aromatic rings. The molecule has 0 atom stereocenters. The van der Waals surface area contributed by atoms with Crippen molar-refractivity contribution in [1.29, 1.82) is 0 Å². The monoisotopic (exact) mass is 372 g/mol. The lowest BCUT2D eigenvalue weighted by Gasteiger charge is -2.31. The van der Waals surface area contributed by atoms with E-state index in [9.17, 15) is 9.59 Å². The van der Waals surface area contributed by atoms with E-state index in [4.69, 9.17) is 0 Å². The van der Waals surface area contributed by atoms with E-state index in [-0.39, 0.29) is 0 Å². The van der Waals surface area contributed by atoms with Gasteiger partial charge in [0.15, 0.2) is 0 Å². The number of aromatic nitrogens is 1. The second-order valence-electron chi connectivity index (χ2n) is 6.55. The SMILES string of the molecule is O=C(NCc1cccs1)C(=O)NCC1CCN(Cc2cccnc2)CC1. The van der Waals surface area contributed by atoms with Crippen LogP contribution in [0.5, 0.6) is 0 Å². The Morgan fingerprint density at radius 1 is 1.15 bits per heavy atom. The van der Waals surface area contributed by atoms with Crippen molar-refractivity contribution < 1.29 is 9.59 Å². The smallest absolute Gasteiger partial charge is 0.309 e. The van der Waals surface area contributed by atoms with E-state index < -0.39 is 11.8 Å². The number of carbonyl (C=O) groups excluding carboxylic acids is 2. The minimum atomic E-state index is -0.563. The lowest BCUT2D eigenvalue weighted by Crippen LogP contribution is -2.43. The molecule has 138 valence electrons. The molecule has 26 heavy (non-hydrogen) atoms. The number of likely N-dealkylation sites (tertiary alicyclic amines) is 1. The van der Waals surface area contributed by atoms with Crippen LogP contribution >= 0.6 is 11.3 Å². The summed E-state index contributed by atoms with van der Waals surface area (Å²) in [7, 11) is 0. The largest absolute Gasteiger partial charge is 0.348 e. The zero-order valence-corrected chi connectivity index (χ0v) is 15.5. The van der Waals surface area contributed by atoms with Gasteiger partial charge in [0.05, 0.1) is 6.54 Å². The lowest BCUT2D eigenvalue weighted by molar-refractivity contribution is -0.139. The minimum absolute atomic E-state index is 0.399. The van der Waals surface area contributed by atoms with Gasteiger partial charge in [-0.2, -0.15) is 0 Å². The molecule has 1 aliphatic rings. The quantitative estimate of drug-likeness (QED) is 0.758. The molecule has 1 aliphatic heterocycles. The predicted molar refractivity (Wildman–Crippen MR) is 101 cm³/mol. The Morgan fingerprint density at radius 3 is 2.65 bits per heavy atom. The number of hydrogen-bond acceptors (Lipinski definition) is 5. The van der Waals surface area contributed by atoms with Crippen molar-refractivity contribution in [3.05, 3.63) is 52.5 Å². The van der Waals surface area contributed by atoms with Crippen LogP contribution in [-0.2, 0) is 22.7 Å². The van der Waals surface area contributed by atoms with Crippen molar-refractivity contribution in [1.82, 2.24) is 20.5 Å². The fraction of sp³-hybridized carbons (Fsp3) is 0.421. The Morgan fingerprint density at radius 2 is 1.96 bits per heavy atom. The number of thiophene rings is 1. The van der Waals surface area contributed by atoms with Crippen LogP contribution in [0.2, 0.25) is 0 Å². The molecule has 0 bridgehead atoms. The third-order valence-electron chi connectivity index (χ3n) is 4.60. The molecule has 7 heteroatoms. The normalized spacial score (nSPS) is 15.5. The maximum absolute atomic E-state index is 11.9. The molecule has 0 aromatic carbocycles. The number of nitrogens with zero attached hydrogens (tertiary/aromatic N) is 2. The van der Waals surface area contributed by atoms with Gasteiger partial charge in [-0.3, -0.25) is 19.5 Å². The molecule has 0 spiro atoms. The van der Waals surface area contributed by atoms with Crippen molar-refractivity contribution >= 4 is 23.2 Å². The van der Waals surface area contributed by atoms with Gasteiger partial charge in [0.25, 0.3) is 0 Å². The van der Waals surface area contributed by atoms with Crippen LogP contribution in [0.3, 0.4) is 0 Å². The summed E-state index contributed by atoms with van der Waals surface area (Å²) in [6.07, 6.45) is 5.74. The molecular weight excluding hydrogens is 348 g/mol. The van der Waals surface area contributed by atoms with Crippen molar-refractivity contribution in [2.24, 2.45) is 5.92 Å². The summed E-state index contributed by atoms with van der Waals surface area (Å²) >= 11 is 1.56. The predicted octanol–water partition coefficient (Wildman–Crippen LogP) is 1.79. The Hall–Kier alpha value is -2.25. The number of piperidine rings is 1. The van der Waals surface area contributed by atoms with Gasteiger partial charge in [-0.15, -0.1) is 11.3 Å². The molecule has 0 aliphatic carbocycles. The molecule has 6 nitrogen and oxygen atoms in total. The van der Waals surface area contributed by atoms with Crippen LogP contribution in [0.15, 0.2) is 42.0 Å². The van der Waals surface area contributed by atoms with Crippen molar-refractivity contribution in [3.63, 3.8) is 0 Å². The first-order chi connectivity index (χ1) is 12.7. The van der Waals surface area contributed by atoms with Gasteiger partial charge in [0.2, 0.25) is 0 Å². The molecule has 0 radical (unpaired) electrons. The highest BCUT2D eigenvalue weighted by Gasteiger charge is 2.21. The number of rotatable bonds is 6. The minimum Gasteiger partial charge on any atom is -0.348 e. The standard InChI is InChI=1S/C19H24N4O2S/c24-18(19(25)22-13-17-4-2-10-26-17)21-12-15-5-8-23(9-6-15)14-16-3-1-7-20-11-16/h1-4,7,10-11,15H,5-6,8-9,12-14H2,(H,21,24)(H,22,25). The number of hydrogen-bond donors (Lipinski definition) is 2. The number of nitrogens with one attached hydrogen (secondary N) is 2. The Bertz CT molecular complexity index is 698. The van der Waals surface area contributed by atoms with Gasteiger partial charge < -0.3 is 10.6 Å². The summed E-state index contributed by atoms with van der Waals surface area (Å²) < 4.78 is 0. The summed E-state index contributed by atoms with van der Waals surface area (Å²) in [5, 5.41) is 7.37. The van der Waals surface area contributed by atoms with Gasteiger partial charge in [-0.25, -0.2) is 0 Å². The van der Waals surface area contributed by atoms with Crippen LogP contribution in [0.4, 0.5) is 0 Å². The molecule has 2 aromatic heterocycles. The fourth-order valence-corrected chi connectivity index (χ4v) is 3.72. The molecule has 1 fully saturated rings. The van der Waals surface area contributed by atoms with Gasteiger partial charge in [-0.05, 0) is 54.9 Å². The summed E-state index contributed by atoms with van der Waals surface area (Å²) in [6, 6.07) is 7.91. The first-order valence-electron chi connectivity index (χ1n) is 8.90. The second-order valence-corrected chi connectivity index (χ2v) is 7.59. The Labute approximate surface area is 157 Å². The molecule has 2 N–H and O–H groups in total. The zero-order chi connectivity index (χ0) is 18.2. The highest BCUT2D eigenvalue weighted by atomic mass is 32.1. The Balaban J connectivity index is 1.33. The van der Waals surface area contributed by atoms with Crippen LogP contribution in [-0.4, -0.2) is 41.3 Å². The summed E-state index contributed by atoms with van der Waals surface area (Å²) in [5.74, 6) is -0.680. The van der Waals surface area contributed by atoms with E-state index in [1.165, 1.54) is 5.56 Å². The lowest BCUT2D eigenvalue weighted by atomic mass is 9.96. The molecule has 3 heterocycles. The number of carbonyl (C=O) groups is 2. The van der Waals surface area contributed by atoms with Gasteiger partial charge >= 0.3 is 11.8 Å². The van der Waals surface area contributed by atoms with Crippen LogP contribution in [0, 0.1) is 5.92 Å². The topological polar surface area (TPSA) is 74.3 Å². The van der Waals surface area contributed by atoms with Gasteiger partial charge in [0.1, 0.15) is 0 Å². The first kappa shape index (κ1) is 18.5. The summed E-state index contributed by atoms with van der Waals surface area (Å²) in [5.41, 5.74) is 1.22. The van der Waals surface area contributed by atoms with E-state index >= 15 is 0 Å². The van der Waals surface area contributed by atoms with E-state index in [1.54, 1.807) is 17.5 Å². The molecule has 0 unspecified atom stereocenters. The Kier molecular flexibility index (Phi) is 6.74. The molecule has 1 saturated heterocycles. The fourth-order valence-electron chi connectivity index (χ4n) is 3.08. The third-order valence-corrected chi connectivity index (χ3v) is 5.47. The third kappa shape index (κ3) is 5.64. The number of amides is 2. The zero-order valence-electron chi connectivity index (χ0n) is 14.7. The maximum Gasteiger partial charge on any atom is 0.309 e. The van der Waals surface area contributed by atoms with Crippen molar-refractivity contribution in [2.45, 2.75) is 25.9 Å². The van der Waals surface area contributed by atoms with Gasteiger partial charge in [0, 0.05) is 30.4 Å². The number of pyridine rings is 1. The average Bonchev–Trinajstić information content (AvgIpc) is 3.20. The molecule has 0 saturated carbocycles. The molecule has 2 amide bonds. The molecular formula is C19H24N4O2S. The maximum atomic E-state index is 11.9. The first-order valence-corrected chi connectivity index (χ1v) is 9.78. The van der Waals surface area contributed by atoms with Crippen LogP contribution in [0.25, 0.3) is 0 Å². The average molecular weight is 372 g/mol. The van der Waals surface area contributed by atoms with Gasteiger partial charge in [-0.1, -0.05) is 12.1 Å². The summed E-state index contributed by atoms with van der Waals surface area (Å²) in [6.45, 7) is 3.88. The highest BCUT2D eigenvalue weighted by Crippen LogP contribution is 2.18. The summed E-state index contributed by atoms with van der Waals surface area (Å²) in [4.78, 5) is 31.3. The second kappa shape index (κ2) is 9.45. The van der Waals surface area contributed by atoms with E-state index in [0.717, 1.165) is 37.4 Å². The van der Waals surface area contributed by atoms with Crippen LogP contribution in [0.1, 0.15) is 23.3 Å². The van der Waals surface area contributed by atoms with E-state index in [0.29, 0.717) is 19.0 Å². The molecule has 3 rings (SSSR count). The van der Waals surface area contributed by atoms with E-state index in [2.05, 4.69) is 26.6 Å².